The Balaban J connectivity index is 1.68. The topological polar surface area (TPSA) is 66.4 Å². The summed E-state index contributed by atoms with van der Waals surface area (Å²) in [5.41, 5.74) is 0.803. The van der Waals surface area contributed by atoms with E-state index in [4.69, 9.17) is 11.6 Å². The number of benzene rings is 2. The first-order valence-corrected chi connectivity index (χ1v) is 10.2. The number of aliphatic hydroxyl groups excluding tert-OH is 1. The normalized spacial score (nSPS) is 12.9. The van der Waals surface area contributed by atoms with Crippen molar-refractivity contribution >= 4 is 33.0 Å². The van der Waals surface area contributed by atoms with Crippen molar-refractivity contribution in [1.82, 2.24) is 4.72 Å². The van der Waals surface area contributed by atoms with E-state index in [1.54, 1.807) is 0 Å². The largest absolute Gasteiger partial charge is 0.383 e. The molecular weight excluding hydrogens is 378 g/mol. The third-order valence-corrected chi connectivity index (χ3v) is 6.43. The van der Waals surface area contributed by atoms with Crippen LogP contribution in [0.1, 0.15) is 21.4 Å². The summed E-state index contributed by atoms with van der Waals surface area (Å²) in [6.45, 7) is 0.164. The zero-order chi connectivity index (χ0) is 17.9. The maximum absolute atomic E-state index is 12.3. The number of nitrogens with one attached hydrogen (secondary N) is 1. The summed E-state index contributed by atoms with van der Waals surface area (Å²) in [4.78, 5) is 1.76. The number of rotatable bonds is 6. The molecule has 4 nitrogen and oxygen atoms in total. The van der Waals surface area contributed by atoms with Gasteiger partial charge >= 0.3 is 0 Å². The third-order valence-electron chi connectivity index (χ3n) is 3.63. The van der Waals surface area contributed by atoms with E-state index >= 15 is 0 Å². The van der Waals surface area contributed by atoms with Crippen LogP contribution in [-0.4, -0.2) is 13.5 Å². The predicted molar refractivity (Wildman–Crippen MR) is 100 cm³/mol. The lowest BCUT2D eigenvalue weighted by Crippen LogP contribution is -2.22. The van der Waals surface area contributed by atoms with Crippen LogP contribution in [0.25, 0.3) is 0 Å². The van der Waals surface area contributed by atoms with Gasteiger partial charge in [0.1, 0.15) is 6.10 Å². The number of thiophene rings is 1. The molecule has 0 aliphatic rings. The SMILES string of the molecule is O=S(=O)(NCc1ccc(C(O)c2ccccc2)s1)c1ccc(Cl)cc1. The zero-order valence-corrected chi connectivity index (χ0v) is 15.5. The van der Waals surface area contributed by atoms with E-state index in [1.807, 2.05) is 42.5 Å². The molecule has 0 bridgehead atoms. The standard InChI is InChI=1S/C18H16ClNO3S2/c19-14-6-9-16(10-7-14)25(22,23)20-12-15-8-11-17(24-15)18(21)13-4-2-1-3-5-13/h1-11,18,20-21H,12H2. The first-order chi connectivity index (χ1) is 12.0. The molecule has 0 saturated carbocycles. The molecule has 0 aliphatic heterocycles. The summed E-state index contributed by atoms with van der Waals surface area (Å²) in [6.07, 6.45) is -0.715. The Bertz CT molecular complexity index is 938. The predicted octanol–water partition coefficient (Wildman–Crippen LogP) is 3.96. The molecule has 0 saturated heterocycles. The molecule has 0 radical (unpaired) electrons. The molecule has 130 valence electrons. The Morgan fingerprint density at radius 2 is 1.68 bits per heavy atom. The Labute approximate surface area is 155 Å². The molecule has 1 heterocycles. The van der Waals surface area contributed by atoms with Crippen LogP contribution in [0.5, 0.6) is 0 Å². The quantitative estimate of drug-likeness (QED) is 0.666. The van der Waals surface area contributed by atoms with Gasteiger partial charge < -0.3 is 5.11 Å². The molecule has 0 spiro atoms. The van der Waals surface area contributed by atoms with Crippen molar-refractivity contribution in [2.75, 3.05) is 0 Å². The number of aliphatic hydroxyl groups is 1. The molecule has 0 aliphatic carbocycles. The van der Waals surface area contributed by atoms with E-state index in [2.05, 4.69) is 4.72 Å². The number of hydrogen-bond acceptors (Lipinski definition) is 4. The number of halogens is 1. The lowest BCUT2D eigenvalue weighted by molar-refractivity contribution is 0.224. The highest BCUT2D eigenvalue weighted by Gasteiger charge is 2.16. The van der Waals surface area contributed by atoms with Crippen molar-refractivity contribution in [2.45, 2.75) is 17.5 Å². The van der Waals surface area contributed by atoms with Gasteiger partial charge in [0.25, 0.3) is 0 Å². The molecule has 0 fully saturated rings. The summed E-state index contributed by atoms with van der Waals surface area (Å²) in [5, 5.41) is 10.9. The molecule has 1 aromatic heterocycles. The van der Waals surface area contributed by atoms with Crippen LogP contribution >= 0.6 is 22.9 Å². The van der Waals surface area contributed by atoms with Gasteiger partial charge in [0.15, 0.2) is 0 Å². The molecule has 2 N–H and O–H groups in total. The highest BCUT2D eigenvalue weighted by atomic mass is 35.5. The first-order valence-electron chi connectivity index (χ1n) is 7.52. The minimum atomic E-state index is -3.60. The van der Waals surface area contributed by atoms with Crippen molar-refractivity contribution < 1.29 is 13.5 Å². The summed E-state index contributed by atoms with van der Waals surface area (Å²) >= 11 is 7.16. The highest BCUT2D eigenvalue weighted by Crippen LogP contribution is 2.28. The fraction of sp³-hybridized carbons (Fsp3) is 0.111. The maximum Gasteiger partial charge on any atom is 0.240 e. The fourth-order valence-corrected chi connectivity index (χ4v) is 4.49. The second kappa shape index (κ2) is 7.68. The van der Waals surface area contributed by atoms with E-state index in [1.165, 1.54) is 35.6 Å². The van der Waals surface area contributed by atoms with Gasteiger partial charge in [-0.2, -0.15) is 0 Å². The lowest BCUT2D eigenvalue weighted by Gasteiger charge is -2.08. The molecule has 7 heteroatoms. The van der Waals surface area contributed by atoms with Crippen LogP contribution in [0.4, 0.5) is 0 Å². The van der Waals surface area contributed by atoms with Crippen molar-refractivity contribution in [3.05, 3.63) is 87.1 Å². The van der Waals surface area contributed by atoms with Gasteiger partial charge in [-0.15, -0.1) is 11.3 Å². The number of hydrogen-bond donors (Lipinski definition) is 2. The van der Waals surface area contributed by atoms with Crippen LogP contribution < -0.4 is 4.72 Å². The van der Waals surface area contributed by atoms with Crippen molar-refractivity contribution in [3.8, 4) is 0 Å². The van der Waals surface area contributed by atoms with Gasteiger partial charge in [-0.25, -0.2) is 13.1 Å². The van der Waals surface area contributed by atoms with Gasteiger partial charge in [0, 0.05) is 21.3 Å². The van der Waals surface area contributed by atoms with E-state index in [9.17, 15) is 13.5 Å². The number of sulfonamides is 1. The van der Waals surface area contributed by atoms with E-state index in [-0.39, 0.29) is 11.4 Å². The van der Waals surface area contributed by atoms with Crippen LogP contribution in [0, 0.1) is 0 Å². The molecular formula is C18H16ClNO3S2. The van der Waals surface area contributed by atoms with Crippen molar-refractivity contribution in [3.63, 3.8) is 0 Å². The van der Waals surface area contributed by atoms with Crippen LogP contribution in [-0.2, 0) is 16.6 Å². The van der Waals surface area contributed by atoms with Crippen LogP contribution in [0.3, 0.4) is 0 Å². The van der Waals surface area contributed by atoms with E-state index in [0.717, 1.165) is 15.3 Å². The summed E-state index contributed by atoms with van der Waals surface area (Å²) in [5.74, 6) is 0. The van der Waals surface area contributed by atoms with Gasteiger partial charge in [-0.1, -0.05) is 41.9 Å². The molecule has 1 unspecified atom stereocenters. The Kier molecular flexibility index (Phi) is 5.56. The highest BCUT2D eigenvalue weighted by molar-refractivity contribution is 7.89. The Hall–Kier alpha value is -1.70. The Morgan fingerprint density at radius 3 is 2.36 bits per heavy atom. The van der Waals surface area contributed by atoms with Gasteiger partial charge in [0.05, 0.1) is 4.90 Å². The van der Waals surface area contributed by atoms with E-state index in [0.29, 0.717) is 5.02 Å². The molecule has 1 atom stereocenters. The molecule has 3 rings (SSSR count). The average molecular weight is 394 g/mol. The van der Waals surface area contributed by atoms with Crippen molar-refractivity contribution in [2.24, 2.45) is 0 Å². The Morgan fingerprint density at radius 1 is 1.00 bits per heavy atom. The molecule has 25 heavy (non-hydrogen) atoms. The summed E-state index contributed by atoms with van der Waals surface area (Å²) in [7, 11) is -3.60. The minimum absolute atomic E-state index is 0.164. The summed E-state index contributed by atoms with van der Waals surface area (Å²) < 4.78 is 27.1. The first kappa shape index (κ1) is 18.1. The monoisotopic (exact) mass is 393 g/mol. The molecule has 0 amide bonds. The fourth-order valence-electron chi connectivity index (χ4n) is 2.30. The molecule has 2 aromatic carbocycles. The maximum atomic E-state index is 12.3. The average Bonchev–Trinajstić information content (AvgIpc) is 3.10. The van der Waals surface area contributed by atoms with Crippen molar-refractivity contribution in [1.29, 1.82) is 0 Å². The van der Waals surface area contributed by atoms with Gasteiger partial charge in [-0.05, 0) is 42.0 Å². The van der Waals surface area contributed by atoms with Gasteiger partial charge in [-0.3, -0.25) is 0 Å². The second-order valence-electron chi connectivity index (χ2n) is 5.40. The lowest BCUT2D eigenvalue weighted by atomic mass is 10.1. The smallest absolute Gasteiger partial charge is 0.240 e. The zero-order valence-electron chi connectivity index (χ0n) is 13.1. The second-order valence-corrected chi connectivity index (χ2v) is 8.80. The third kappa shape index (κ3) is 4.48. The van der Waals surface area contributed by atoms with E-state index < -0.39 is 16.1 Å². The molecule has 3 aromatic rings. The van der Waals surface area contributed by atoms with Crippen LogP contribution in [0.2, 0.25) is 5.02 Å². The minimum Gasteiger partial charge on any atom is -0.383 e. The van der Waals surface area contributed by atoms with Gasteiger partial charge in [0.2, 0.25) is 10.0 Å². The summed E-state index contributed by atoms with van der Waals surface area (Å²) in [6, 6.07) is 19.0. The van der Waals surface area contributed by atoms with Crippen LogP contribution in [0.15, 0.2) is 71.6 Å².